The van der Waals surface area contributed by atoms with Gasteiger partial charge in [-0.1, -0.05) is 13.8 Å². The molecule has 2 fully saturated rings. The van der Waals surface area contributed by atoms with Crippen LogP contribution in [0, 0.1) is 11.8 Å². The zero-order valence-corrected chi connectivity index (χ0v) is 12.8. The molecule has 2 unspecified atom stereocenters. The van der Waals surface area contributed by atoms with Crippen LogP contribution in [0.15, 0.2) is 0 Å². The van der Waals surface area contributed by atoms with E-state index in [0.717, 1.165) is 44.9 Å². The predicted molar refractivity (Wildman–Crippen MR) is 79.2 cm³/mol. The van der Waals surface area contributed by atoms with Gasteiger partial charge in [-0.25, -0.2) is 0 Å². The molecule has 2 aliphatic rings. The number of thioether (sulfide) groups is 1. The SMILES string of the molecule is CC(C)C1CN(C(=O)C(N)C2CCOCC2)CCS1. The molecule has 2 saturated heterocycles. The lowest BCUT2D eigenvalue weighted by molar-refractivity contribution is -0.134. The van der Waals surface area contributed by atoms with Gasteiger partial charge < -0.3 is 15.4 Å². The topological polar surface area (TPSA) is 55.6 Å². The highest BCUT2D eigenvalue weighted by atomic mass is 32.2. The molecule has 2 rings (SSSR count). The van der Waals surface area contributed by atoms with E-state index in [-0.39, 0.29) is 11.9 Å². The van der Waals surface area contributed by atoms with E-state index in [1.54, 1.807) is 0 Å². The smallest absolute Gasteiger partial charge is 0.239 e. The highest BCUT2D eigenvalue weighted by molar-refractivity contribution is 8.00. The van der Waals surface area contributed by atoms with Crippen LogP contribution in [0.4, 0.5) is 0 Å². The van der Waals surface area contributed by atoms with Crippen LogP contribution in [0.2, 0.25) is 0 Å². The fraction of sp³-hybridized carbons (Fsp3) is 0.929. The third-order valence-electron chi connectivity index (χ3n) is 4.21. The average Bonchev–Trinajstić information content (AvgIpc) is 2.46. The van der Waals surface area contributed by atoms with Crippen molar-refractivity contribution in [1.82, 2.24) is 4.90 Å². The van der Waals surface area contributed by atoms with Gasteiger partial charge in [-0.05, 0) is 24.7 Å². The summed E-state index contributed by atoms with van der Waals surface area (Å²) in [5, 5.41) is 0.555. The molecule has 0 aromatic heterocycles. The van der Waals surface area contributed by atoms with Gasteiger partial charge in [0.15, 0.2) is 0 Å². The van der Waals surface area contributed by atoms with Gasteiger partial charge in [-0.3, -0.25) is 4.79 Å². The molecule has 2 aliphatic heterocycles. The van der Waals surface area contributed by atoms with Crippen molar-refractivity contribution in [2.24, 2.45) is 17.6 Å². The Hall–Kier alpha value is -0.260. The van der Waals surface area contributed by atoms with Crippen molar-refractivity contribution in [2.45, 2.75) is 38.0 Å². The first kappa shape index (κ1) is 15.1. The fourth-order valence-corrected chi connectivity index (χ4v) is 4.07. The summed E-state index contributed by atoms with van der Waals surface area (Å²) in [4.78, 5) is 14.5. The summed E-state index contributed by atoms with van der Waals surface area (Å²) in [5.41, 5.74) is 6.19. The van der Waals surface area contributed by atoms with Crippen molar-refractivity contribution in [3.8, 4) is 0 Å². The molecule has 0 aromatic rings. The predicted octanol–water partition coefficient (Wildman–Crippen LogP) is 1.34. The molecule has 0 radical (unpaired) electrons. The molecule has 19 heavy (non-hydrogen) atoms. The summed E-state index contributed by atoms with van der Waals surface area (Å²) >= 11 is 1.99. The molecular formula is C14H26N2O2S. The molecule has 1 amide bonds. The van der Waals surface area contributed by atoms with Crippen LogP contribution in [0.25, 0.3) is 0 Å². The summed E-state index contributed by atoms with van der Waals surface area (Å²) < 4.78 is 5.34. The molecule has 0 aromatic carbocycles. The Labute approximate surface area is 120 Å². The van der Waals surface area contributed by atoms with E-state index in [2.05, 4.69) is 13.8 Å². The zero-order valence-electron chi connectivity index (χ0n) is 12.0. The first-order chi connectivity index (χ1) is 9.09. The lowest BCUT2D eigenvalue weighted by atomic mass is 9.91. The minimum atomic E-state index is -0.334. The lowest BCUT2D eigenvalue weighted by Crippen LogP contribution is -2.53. The monoisotopic (exact) mass is 286 g/mol. The van der Waals surface area contributed by atoms with Gasteiger partial charge in [0, 0.05) is 37.3 Å². The van der Waals surface area contributed by atoms with Gasteiger partial charge in [-0.15, -0.1) is 0 Å². The molecular weight excluding hydrogens is 260 g/mol. The van der Waals surface area contributed by atoms with Gasteiger partial charge in [0.25, 0.3) is 0 Å². The van der Waals surface area contributed by atoms with Crippen molar-refractivity contribution in [1.29, 1.82) is 0 Å². The van der Waals surface area contributed by atoms with Gasteiger partial charge in [0.05, 0.1) is 6.04 Å². The van der Waals surface area contributed by atoms with Gasteiger partial charge >= 0.3 is 0 Å². The Balaban J connectivity index is 1.90. The molecule has 5 heteroatoms. The molecule has 0 spiro atoms. The Bertz CT molecular complexity index is 306. The van der Waals surface area contributed by atoms with Crippen LogP contribution < -0.4 is 5.73 Å². The van der Waals surface area contributed by atoms with Crippen molar-refractivity contribution in [2.75, 3.05) is 32.1 Å². The third-order valence-corrected chi connectivity index (χ3v) is 5.75. The maximum absolute atomic E-state index is 12.5. The standard InChI is InChI=1S/C14H26N2O2S/c1-10(2)12-9-16(5-8-19-12)14(17)13(15)11-3-6-18-7-4-11/h10-13H,3-9,15H2,1-2H3. The van der Waals surface area contributed by atoms with Gasteiger partial charge in [0.1, 0.15) is 0 Å². The number of hydrogen-bond acceptors (Lipinski definition) is 4. The van der Waals surface area contributed by atoms with Crippen LogP contribution in [0.3, 0.4) is 0 Å². The minimum absolute atomic E-state index is 0.151. The van der Waals surface area contributed by atoms with Crippen LogP contribution in [0.1, 0.15) is 26.7 Å². The molecule has 2 heterocycles. The lowest BCUT2D eigenvalue weighted by Gasteiger charge is -2.37. The maximum atomic E-state index is 12.5. The van der Waals surface area contributed by atoms with Crippen LogP contribution in [-0.4, -0.2) is 54.2 Å². The molecule has 0 saturated carbocycles. The van der Waals surface area contributed by atoms with Crippen molar-refractivity contribution >= 4 is 17.7 Å². The zero-order chi connectivity index (χ0) is 13.8. The largest absolute Gasteiger partial charge is 0.381 e. The molecule has 0 aliphatic carbocycles. The molecule has 4 nitrogen and oxygen atoms in total. The number of nitrogens with zero attached hydrogens (tertiary/aromatic N) is 1. The summed E-state index contributed by atoms with van der Waals surface area (Å²) in [5.74, 6) is 2.10. The average molecular weight is 286 g/mol. The number of nitrogens with two attached hydrogens (primary N) is 1. The van der Waals surface area contributed by atoms with E-state index in [1.807, 2.05) is 16.7 Å². The number of rotatable bonds is 3. The Kier molecular flexibility index (Phi) is 5.54. The van der Waals surface area contributed by atoms with Crippen molar-refractivity contribution in [3.63, 3.8) is 0 Å². The maximum Gasteiger partial charge on any atom is 0.239 e. The highest BCUT2D eigenvalue weighted by Gasteiger charge is 2.33. The van der Waals surface area contributed by atoms with E-state index in [9.17, 15) is 4.79 Å². The number of amides is 1. The van der Waals surface area contributed by atoms with E-state index < -0.39 is 0 Å². The second-order valence-corrected chi connectivity index (χ2v) is 7.26. The normalized spacial score (nSPS) is 27.6. The van der Waals surface area contributed by atoms with E-state index in [0.29, 0.717) is 17.1 Å². The minimum Gasteiger partial charge on any atom is -0.381 e. The molecule has 2 N–H and O–H groups in total. The van der Waals surface area contributed by atoms with E-state index in [4.69, 9.17) is 10.5 Å². The van der Waals surface area contributed by atoms with Crippen molar-refractivity contribution in [3.05, 3.63) is 0 Å². The van der Waals surface area contributed by atoms with Gasteiger partial charge in [-0.2, -0.15) is 11.8 Å². The number of hydrogen-bond donors (Lipinski definition) is 1. The first-order valence-electron chi connectivity index (χ1n) is 7.33. The molecule has 0 bridgehead atoms. The molecule has 2 atom stereocenters. The third kappa shape index (κ3) is 3.86. The Morgan fingerprint density at radius 2 is 2.05 bits per heavy atom. The highest BCUT2D eigenvalue weighted by Crippen LogP contribution is 2.26. The second-order valence-electron chi connectivity index (χ2n) is 5.91. The quantitative estimate of drug-likeness (QED) is 0.850. The van der Waals surface area contributed by atoms with Crippen LogP contribution in [-0.2, 0) is 9.53 Å². The van der Waals surface area contributed by atoms with Crippen molar-refractivity contribution < 1.29 is 9.53 Å². The summed E-state index contributed by atoms with van der Waals surface area (Å²) in [6, 6.07) is -0.334. The first-order valence-corrected chi connectivity index (χ1v) is 8.38. The summed E-state index contributed by atoms with van der Waals surface area (Å²) in [6.07, 6.45) is 1.84. The number of carbonyl (C=O) groups excluding carboxylic acids is 1. The van der Waals surface area contributed by atoms with Crippen LogP contribution in [0.5, 0.6) is 0 Å². The Morgan fingerprint density at radius 1 is 1.37 bits per heavy atom. The number of carbonyl (C=O) groups is 1. The van der Waals surface area contributed by atoms with E-state index in [1.165, 1.54) is 0 Å². The summed E-state index contributed by atoms with van der Waals surface area (Å²) in [6.45, 7) is 7.65. The number of ether oxygens (including phenoxy) is 1. The fourth-order valence-electron chi connectivity index (χ4n) is 2.77. The van der Waals surface area contributed by atoms with Crippen LogP contribution >= 0.6 is 11.8 Å². The molecule has 110 valence electrons. The summed E-state index contributed by atoms with van der Waals surface area (Å²) in [7, 11) is 0. The van der Waals surface area contributed by atoms with Gasteiger partial charge in [0.2, 0.25) is 5.91 Å². The Morgan fingerprint density at radius 3 is 2.68 bits per heavy atom. The van der Waals surface area contributed by atoms with E-state index >= 15 is 0 Å². The second kappa shape index (κ2) is 6.95.